The Hall–Kier alpha value is -2.23. The molecule has 0 aliphatic carbocycles. The maximum absolute atomic E-state index is 12.8. The zero-order valence-corrected chi connectivity index (χ0v) is 18.8. The van der Waals surface area contributed by atoms with E-state index in [0.29, 0.717) is 11.5 Å². The van der Waals surface area contributed by atoms with Gasteiger partial charge in [-0.15, -0.1) is 11.8 Å². The normalized spacial score (nSPS) is 12.5. The Kier molecular flexibility index (Phi) is 7.95. The summed E-state index contributed by atoms with van der Waals surface area (Å²) in [4.78, 5) is 13.5. The smallest absolute Gasteiger partial charge is 0.243 e. The second-order valence-electron chi connectivity index (χ2n) is 6.34. The summed E-state index contributed by atoms with van der Waals surface area (Å²) in [6.07, 6.45) is 1.99. The zero-order valence-electron chi connectivity index (χ0n) is 17.1. The lowest BCUT2D eigenvalue weighted by Crippen LogP contribution is -2.39. The molecule has 9 heteroatoms. The molecule has 29 heavy (non-hydrogen) atoms. The number of carbonyl (C=O) groups excluding carboxylic acids is 1. The molecule has 2 rings (SSSR count). The highest BCUT2D eigenvalue weighted by atomic mass is 32.2. The summed E-state index contributed by atoms with van der Waals surface area (Å²) in [6.45, 7) is 1.55. The fraction of sp³-hybridized carbons (Fsp3) is 0.350. The van der Waals surface area contributed by atoms with Crippen LogP contribution in [0.3, 0.4) is 0 Å². The van der Waals surface area contributed by atoms with Gasteiger partial charge in [-0.05, 0) is 43.0 Å². The Balaban J connectivity index is 2.07. The van der Waals surface area contributed by atoms with Crippen LogP contribution in [0.4, 0.5) is 0 Å². The Morgan fingerprint density at radius 1 is 1.10 bits per heavy atom. The maximum atomic E-state index is 12.8. The minimum atomic E-state index is -3.87. The molecule has 1 amide bonds. The fourth-order valence-corrected chi connectivity index (χ4v) is 4.26. The molecule has 0 fully saturated rings. The standard InChI is InChI=1S/C20H26N2O5S2/c1-14(15-6-8-16(28-5)9-7-15)21-20(23)13-22(2)29(24,25)17-10-11-18(26-3)19(12-17)27-4/h6-12,14H,13H2,1-5H3,(H,21,23)/t14-/m0/s1. The van der Waals surface area contributed by atoms with Crippen LogP contribution in [-0.4, -0.2) is 52.7 Å². The molecule has 0 heterocycles. The zero-order chi connectivity index (χ0) is 21.6. The number of rotatable bonds is 9. The molecule has 2 aromatic rings. The number of sulfonamides is 1. The van der Waals surface area contributed by atoms with Crippen LogP contribution in [-0.2, 0) is 14.8 Å². The van der Waals surface area contributed by atoms with Gasteiger partial charge in [0.1, 0.15) is 0 Å². The van der Waals surface area contributed by atoms with Crippen molar-refractivity contribution < 1.29 is 22.7 Å². The van der Waals surface area contributed by atoms with E-state index in [-0.39, 0.29) is 17.5 Å². The Labute approximate surface area is 176 Å². The monoisotopic (exact) mass is 438 g/mol. The first-order valence-corrected chi connectivity index (χ1v) is 11.5. The number of amides is 1. The van der Waals surface area contributed by atoms with Crippen molar-refractivity contribution in [3.63, 3.8) is 0 Å². The van der Waals surface area contributed by atoms with Crippen LogP contribution in [0.15, 0.2) is 52.3 Å². The van der Waals surface area contributed by atoms with Crippen LogP contribution in [0.5, 0.6) is 11.5 Å². The number of nitrogens with one attached hydrogen (secondary N) is 1. The van der Waals surface area contributed by atoms with Crippen molar-refractivity contribution in [2.75, 3.05) is 34.1 Å². The average Bonchev–Trinajstić information content (AvgIpc) is 2.72. The van der Waals surface area contributed by atoms with Gasteiger partial charge < -0.3 is 14.8 Å². The van der Waals surface area contributed by atoms with Crippen LogP contribution >= 0.6 is 11.8 Å². The van der Waals surface area contributed by atoms with E-state index in [1.165, 1.54) is 39.5 Å². The summed E-state index contributed by atoms with van der Waals surface area (Å²) in [7, 11) is 0.397. The van der Waals surface area contributed by atoms with Crippen molar-refractivity contribution >= 4 is 27.7 Å². The van der Waals surface area contributed by atoms with Crippen molar-refractivity contribution in [2.45, 2.75) is 22.8 Å². The lowest BCUT2D eigenvalue weighted by atomic mass is 10.1. The summed E-state index contributed by atoms with van der Waals surface area (Å²) in [5.41, 5.74) is 0.946. The van der Waals surface area contributed by atoms with Gasteiger partial charge in [-0.3, -0.25) is 4.79 Å². The van der Waals surface area contributed by atoms with E-state index in [0.717, 1.165) is 14.8 Å². The van der Waals surface area contributed by atoms with Gasteiger partial charge in [-0.2, -0.15) is 4.31 Å². The molecular weight excluding hydrogens is 412 g/mol. The molecule has 0 aromatic heterocycles. The van der Waals surface area contributed by atoms with Crippen LogP contribution in [0, 0.1) is 0 Å². The summed E-state index contributed by atoms with van der Waals surface area (Å²) < 4.78 is 36.9. The minimum absolute atomic E-state index is 0.0196. The molecule has 2 aromatic carbocycles. The molecule has 0 aliphatic heterocycles. The van der Waals surface area contributed by atoms with Crippen LogP contribution in [0.2, 0.25) is 0 Å². The first-order chi connectivity index (χ1) is 13.7. The van der Waals surface area contributed by atoms with Gasteiger partial charge in [0, 0.05) is 18.0 Å². The van der Waals surface area contributed by atoms with Crippen molar-refractivity contribution in [2.24, 2.45) is 0 Å². The predicted molar refractivity (Wildman–Crippen MR) is 114 cm³/mol. The second-order valence-corrected chi connectivity index (χ2v) is 9.26. The third-order valence-corrected chi connectivity index (χ3v) is 6.97. The number of likely N-dealkylation sites (N-methyl/N-ethyl adjacent to an activating group) is 1. The van der Waals surface area contributed by atoms with Crippen molar-refractivity contribution in [3.05, 3.63) is 48.0 Å². The van der Waals surface area contributed by atoms with Gasteiger partial charge >= 0.3 is 0 Å². The molecule has 0 spiro atoms. The number of nitrogens with zero attached hydrogens (tertiary/aromatic N) is 1. The third-order valence-electron chi connectivity index (χ3n) is 4.42. The van der Waals surface area contributed by atoms with E-state index < -0.39 is 15.9 Å². The number of carbonyl (C=O) groups is 1. The quantitative estimate of drug-likeness (QED) is 0.606. The first kappa shape index (κ1) is 23.1. The molecule has 0 bridgehead atoms. The third kappa shape index (κ3) is 5.65. The Bertz CT molecular complexity index is 946. The number of hydrogen-bond acceptors (Lipinski definition) is 6. The topological polar surface area (TPSA) is 84.9 Å². The van der Waals surface area contributed by atoms with Crippen molar-refractivity contribution in [3.8, 4) is 11.5 Å². The second kappa shape index (κ2) is 10.00. The minimum Gasteiger partial charge on any atom is -0.493 e. The summed E-state index contributed by atoms with van der Waals surface area (Å²) in [5.74, 6) is 0.333. The number of hydrogen-bond donors (Lipinski definition) is 1. The summed E-state index contributed by atoms with van der Waals surface area (Å²) in [5, 5.41) is 2.83. The summed E-state index contributed by atoms with van der Waals surface area (Å²) >= 11 is 1.64. The SMILES string of the molecule is COc1ccc(S(=O)(=O)N(C)CC(=O)N[C@@H](C)c2ccc(SC)cc2)cc1OC. The van der Waals surface area contributed by atoms with Gasteiger partial charge in [0.15, 0.2) is 11.5 Å². The lowest BCUT2D eigenvalue weighted by molar-refractivity contribution is -0.121. The molecular formula is C20H26N2O5S2. The highest BCUT2D eigenvalue weighted by Crippen LogP contribution is 2.30. The molecule has 0 saturated heterocycles. The maximum Gasteiger partial charge on any atom is 0.243 e. The first-order valence-electron chi connectivity index (χ1n) is 8.84. The number of thioether (sulfide) groups is 1. The molecule has 7 nitrogen and oxygen atoms in total. The fourth-order valence-electron chi connectivity index (χ4n) is 2.71. The van der Waals surface area contributed by atoms with Gasteiger partial charge in [0.05, 0.1) is 31.7 Å². The van der Waals surface area contributed by atoms with E-state index in [9.17, 15) is 13.2 Å². The molecule has 0 unspecified atom stereocenters. The molecule has 0 aliphatic rings. The highest BCUT2D eigenvalue weighted by Gasteiger charge is 2.25. The Morgan fingerprint density at radius 2 is 1.72 bits per heavy atom. The Morgan fingerprint density at radius 3 is 2.28 bits per heavy atom. The van der Waals surface area contributed by atoms with Crippen molar-refractivity contribution in [1.82, 2.24) is 9.62 Å². The summed E-state index contributed by atoms with van der Waals surface area (Å²) in [6, 6.07) is 11.9. The predicted octanol–water partition coefficient (Wildman–Crippen LogP) is 2.92. The van der Waals surface area contributed by atoms with E-state index in [1.54, 1.807) is 11.8 Å². The number of methoxy groups -OCH3 is 2. The lowest BCUT2D eigenvalue weighted by Gasteiger charge is -2.20. The van der Waals surface area contributed by atoms with E-state index in [4.69, 9.17) is 9.47 Å². The van der Waals surface area contributed by atoms with Crippen LogP contribution in [0.25, 0.3) is 0 Å². The van der Waals surface area contributed by atoms with Gasteiger partial charge in [0.2, 0.25) is 15.9 Å². The average molecular weight is 439 g/mol. The highest BCUT2D eigenvalue weighted by molar-refractivity contribution is 7.98. The molecule has 0 saturated carbocycles. The van der Waals surface area contributed by atoms with E-state index in [1.807, 2.05) is 37.4 Å². The molecule has 1 N–H and O–H groups in total. The van der Waals surface area contributed by atoms with Crippen LogP contribution in [0.1, 0.15) is 18.5 Å². The van der Waals surface area contributed by atoms with Gasteiger partial charge in [-0.1, -0.05) is 12.1 Å². The van der Waals surface area contributed by atoms with Gasteiger partial charge in [-0.25, -0.2) is 8.42 Å². The largest absolute Gasteiger partial charge is 0.493 e. The molecule has 0 radical (unpaired) electrons. The molecule has 1 atom stereocenters. The van der Waals surface area contributed by atoms with Crippen LogP contribution < -0.4 is 14.8 Å². The van der Waals surface area contributed by atoms with Gasteiger partial charge in [0.25, 0.3) is 0 Å². The van der Waals surface area contributed by atoms with E-state index in [2.05, 4.69) is 5.32 Å². The van der Waals surface area contributed by atoms with Crippen molar-refractivity contribution in [1.29, 1.82) is 0 Å². The van der Waals surface area contributed by atoms with E-state index >= 15 is 0 Å². The number of benzene rings is 2. The molecule has 158 valence electrons. The number of ether oxygens (including phenoxy) is 2.